The first kappa shape index (κ1) is 17.8. The molecule has 0 amide bonds. The summed E-state index contributed by atoms with van der Waals surface area (Å²) < 4.78 is 0.912. The van der Waals surface area contributed by atoms with E-state index in [1.54, 1.807) is 17.8 Å². The monoisotopic (exact) mass is 415 g/mol. The fourth-order valence-electron chi connectivity index (χ4n) is 1.90. The largest absolute Gasteiger partial charge is 0.356 e. The number of nitrogens with zero attached hydrogens (tertiary/aromatic N) is 2. The van der Waals surface area contributed by atoms with Gasteiger partial charge in [0.1, 0.15) is 0 Å². The molecule has 2 aromatic carbocycles. The summed E-state index contributed by atoms with van der Waals surface area (Å²) in [4.78, 5) is 0. The summed E-state index contributed by atoms with van der Waals surface area (Å²) >= 11 is 21.1. The Morgan fingerprint density at radius 1 is 0.958 bits per heavy atom. The molecule has 0 saturated heterocycles. The summed E-state index contributed by atoms with van der Waals surface area (Å²) in [6.07, 6.45) is 0. The van der Waals surface area contributed by atoms with Crippen LogP contribution >= 0.6 is 57.9 Å². The first-order valence-corrected chi connectivity index (χ1v) is 9.92. The minimum atomic E-state index is 0.576. The van der Waals surface area contributed by atoms with Crippen molar-refractivity contribution in [3.63, 3.8) is 0 Å². The number of nitrogens with one attached hydrogen (secondary N) is 1. The molecule has 3 rings (SSSR count). The Morgan fingerprint density at radius 2 is 1.71 bits per heavy atom. The number of halogens is 3. The minimum absolute atomic E-state index is 0.576. The highest BCUT2D eigenvalue weighted by Gasteiger charge is 2.07. The van der Waals surface area contributed by atoms with Crippen molar-refractivity contribution in [3.05, 3.63) is 68.7 Å². The van der Waals surface area contributed by atoms with E-state index >= 15 is 0 Å². The third-order valence-electron chi connectivity index (χ3n) is 3.13. The first-order valence-electron chi connectivity index (χ1n) is 6.99. The van der Waals surface area contributed by atoms with E-state index in [0.717, 1.165) is 25.8 Å². The highest BCUT2D eigenvalue weighted by atomic mass is 35.5. The maximum absolute atomic E-state index is 6.16. The zero-order chi connectivity index (χ0) is 16.9. The normalized spacial score (nSPS) is 10.8. The van der Waals surface area contributed by atoms with E-state index in [0.29, 0.717) is 16.6 Å². The van der Waals surface area contributed by atoms with Gasteiger partial charge in [0.25, 0.3) is 0 Å². The van der Waals surface area contributed by atoms with E-state index in [-0.39, 0.29) is 0 Å². The molecule has 3 nitrogen and oxygen atoms in total. The number of hydrogen-bond acceptors (Lipinski definition) is 5. The van der Waals surface area contributed by atoms with E-state index in [1.165, 1.54) is 16.9 Å². The topological polar surface area (TPSA) is 37.8 Å². The van der Waals surface area contributed by atoms with E-state index in [1.807, 2.05) is 36.4 Å². The molecule has 1 heterocycles. The summed E-state index contributed by atoms with van der Waals surface area (Å²) in [5.41, 5.74) is 2.16. The zero-order valence-corrected chi connectivity index (χ0v) is 16.2. The van der Waals surface area contributed by atoms with Gasteiger partial charge in [0.15, 0.2) is 4.34 Å². The van der Waals surface area contributed by atoms with Crippen molar-refractivity contribution in [3.8, 4) is 0 Å². The van der Waals surface area contributed by atoms with Gasteiger partial charge < -0.3 is 5.32 Å². The van der Waals surface area contributed by atoms with Gasteiger partial charge in [-0.3, -0.25) is 0 Å². The Kier molecular flexibility index (Phi) is 6.25. The molecule has 3 aromatic rings. The molecule has 0 aliphatic carbocycles. The van der Waals surface area contributed by atoms with Crippen LogP contribution in [0.15, 0.2) is 46.8 Å². The number of benzene rings is 2. The zero-order valence-electron chi connectivity index (χ0n) is 12.3. The number of aromatic nitrogens is 2. The molecular weight excluding hydrogens is 405 g/mol. The molecule has 8 heteroatoms. The van der Waals surface area contributed by atoms with Crippen LogP contribution < -0.4 is 5.32 Å². The molecule has 1 aromatic heterocycles. The summed E-state index contributed by atoms with van der Waals surface area (Å²) in [5, 5.41) is 14.3. The van der Waals surface area contributed by atoms with Crippen LogP contribution in [0.5, 0.6) is 0 Å². The third-order valence-corrected chi connectivity index (χ3v) is 6.05. The molecule has 0 aliphatic rings. The summed E-state index contributed by atoms with van der Waals surface area (Å²) in [7, 11) is 0. The Hall–Kier alpha value is -0.980. The molecule has 0 aliphatic heterocycles. The number of rotatable bonds is 6. The lowest BCUT2D eigenvalue weighted by Crippen LogP contribution is -1.99. The summed E-state index contributed by atoms with van der Waals surface area (Å²) in [6, 6.07) is 13.2. The van der Waals surface area contributed by atoms with Crippen molar-refractivity contribution >= 4 is 63.0 Å². The lowest BCUT2D eigenvalue weighted by Gasteiger charge is -2.05. The Labute approximate surface area is 163 Å². The maximum Gasteiger partial charge on any atom is 0.206 e. The van der Waals surface area contributed by atoms with Crippen molar-refractivity contribution in [2.75, 3.05) is 5.32 Å². The lowest BCUT2D eigenvalue weighted by atomic mass is 10.2. The predicted octanol–water partition coefficient (Wildman–Crippen LogP) is 6.40. The quantitative estimate of drug-likeness (QED) is 0.472. The van der Waals surface area contributed by atoms with Crippen LogP contribution in [0, 0.1) is 0 Å². The average molecular weight is 417 g/mol. The van der Waals surface area contributed by atoms with Crippen molar-refractivity contribution in [1.29, 1.82) is 0 Å². The Bertz CT molecular complexity index is 822. The Morgan fingerprint density at radius 3 is 2.46 bits per heavy atom. The van der Waals surface area contributed by atoms with Crippen molar-refractivity contribution in [2.45, 2.75) is 16.6 Å². The smallest absolute Gasteiger partial charge is 0.206 e. The Balaban J connectivity index is 1.54. The van der Waals surface area contributed by atoms with Crippen LogP contribution in [0.25, 0.3) is 0 Å². The summed E-state index contributed by atoms with van der Waals surface area (Å²) in [6.45, 7) is 0.576. The van der Waals surface area contributed by atoms with Gasteiger partial charge in [0.05, 0.1) is 0 Å². The summed E-state index contributed by atoms with van der Waals surface area (Å²) in [5.74, 6) is 0.828. The highest BCUT2D eigenvalue weighted by molar-refractivity contribution is 8.00. The van der Waals surface area contributed by atoms with Crippen LogP contribution in [0.1, 0.15) is 11.1 Å². The third kappa shape index (κ3) is 5.01. The van der Waals surface area contributed by atoms with Crippen molar-refractivity contribution in [2.24, 2.45) is 0 Å². The van der Waals surface area contributed by atoms with Gasteiger partial charge in [0, 0.05) is 27.4 Å². The van der Waals surface area contributed by atoms with Gasteiger partial charge in [-0.1, -0.05) is 76.1 Å². The van der Waals surface area contributed by atoms with Crippen LogP contribution in [-0.2, 0) is 12.3 Å². The minimum Gasteiger partial charge on any atom is -0.356 e. The van der Waals surface area contributed by atoms with Gasteiger partial charge in [0.2, 0.25) is 5.13 Å². The number of hydrogen-bond donors (Lipinski definition) is 1. The molecule has 0 bridgehead atoms. The first-order chi connectivity index (χ1) is 11.6. The van der Waals surface area contributed by atoms with Crippen LogP contribution in [0.2, 0.25) is 15.1 Å². The van der Waals surface area contributed by atoms with E-state index in [4.69, 9.17) is 34.8 Å². The predicted molar refractivity (Wildman–Crippen MR) is 105 cm³/mol. The SMILES string of the molecule is Clc1ccc(CSc2nnc(NCc3ccc(Cl)cc3Cl)s2)cc1. The lowest BCUT2D eigenvalue weighted by molar-refractivity contribution is 0.995. The average Bonchev–Trinajstić information content (AvgIpc) is 3.01. The molecule has 0 saturated carbocycles. The molecule has 0 fully saturated rings. The molecule has 0 unspecified atom stereocenters. The van der Waals surface area contributed by atoms with Gasteiger partial charge in [-0.25, -0.2) is 0 Å². The molecule has 1 N–H and O–H groups in total. The molecule has 124 valence electrons. The van der Waals surface area contributed by atoms with Gasteiger partial charge in [-0.15, -0.1) is 10.2 Å². The van der Waals surface area contributed by atoms with Crippen LogP contribution in [-0.4, -0.2) is 10.2 Å². The van der Waals surface area contributed by atoms with Crippen LogP contribution in [0.4, 0.5) is 5.13 Å². The van der Waals surface area contributed by atoms with Crippen molar-refractivity contribution < 1.29 is 0 Å². The van der Waals surface area contributed by atoms with E-state index in [9.17, 15) is 0 Å². The van der Waals surface area contributed by atoms with Gasteiger partial charge in [-0.2, -0.15) is 0 Å². The second-order valence-electron chi connectivity index (χ2n) is 4.88. The number of anilines is 1. The van der Waals surface area contributed by atoms with Gasteiger partial charge in [-0.05, 0) is 35.4 Å². The molecule has 24 heavy (non-hydrogen) atoms. The molecule has 0 spiro atoms. The maximum atomic E-state index is 6.16. The highest BCUT2D eigenvalue weighted by Crippen LogP contribution is 2.29. The second kappa shape index (κ2) is 8.41. The van der Waals surface area contributed by atoms with Crippen LogP contribution in [0.3, 0.4) is 0 Å². The van der Waals surface area contributed by atoms with E-state index < -0.39 is 0 Å². The molecular formula is C16H12Cl3N3S2. The van der Waals surface area contributed by atoms with E-state index in [2.05, 4.69) is 15.5 Å². The fourth-order valence-corrected chi connectivity index (χ4v) is 4.21. The second-order valence-corrected chi connectivity index (χ2v) is 8.36. The standard InChI is InChI=1S/C16H12Cl3N3S2/c17-12-4-1-10(2-5-12)9-23-16-22-21-15(24-16)20-8-11-3-6-13(18)7-14(11)19/h1-7H,8-9H2,(H,20,21). The van der Waals surface area contributed by atoms with Crippen molar-refractivity contribution in [1.82, 2.24) is 10.2 Å². The fraction of sp³-hybridized carbons (Fsp3) is 0.125. The number of thioether (sulfide) groups is 1. The molecule has 0 atom stereocenters. The molecule has 0 radical (unpaired) electrons. The van der Waals surface area contributed by atoms with Gasteiger partial charge >= 0.3 is 0 Å².